The third kappa shape index (κ3) is 3.23. The molecule has 1 aliphatic carbocycles. The zero-order valence-electron chi connectivity index (χ0n) is 11.5. The van der Waals surface area contributed by atoms with Gasteiger partial charge in [0.2, 0.25) is 5.13 Å². The first-order chi connectivity index (χ1) is 9.05. The van der Waals surface area contributed by atoms with Crippen molar-refractivity contribution < 1.29 is 9.90 Å². The van der Waals surface area contributed by atoms with Crippen LogP contribution < -0.4 is 5.32 Å². The van der Waals surface area contributed by atoms with E-state index in [1.165, 1.54) is 11.5 Å². The molecule has 1 aliphatic rings. The van der Waals surface area contributed by atoms with E-state index in [4.69, 9.17) is 0 Å². The fourth-order valence-corrected chi connectivity index (χ4v) is 3.46. The molecule has 2 atom stereocenters. The molecule has 0 bridgehead atoms. The van der Waals surface area contributed by atoms with E-state index in [-0.39, 0.29) is 0 Å². The maximum atomic E-state index is 11.7. The average molecular weight is 283 g/mol. The summed E-state index contributed by atoms with van der Waals surface area (Å²) < 4.78 is 4.26. The summed E-state index contributed by atoms with van der Waals surface area (Å²) in [5, 5.41) is 13.4. The normalized spacial score (nSPS) is 27.2. The highest BCUT2D eigenvalue weighted by Gasteiger charge is 2.42. The van der Waals surface area contributed by atoms with Crippen LogP contribution in [0.5, 0.6) is 0 Å². The third-order valence-electron chi connectivity index (χ3n) is 3.69. The van der Waals surface area contributed by atoms with Gasteiger partial charge in [0.1, 0.15) is 11.4 Å². The summed E-state index contributed by atoms with van der Waals surface area (Å²) in [5.74, 6) is 0.464. The number of aliphatic carboxylic acids is 1. The predicted octanol–water partition coefficient (Wildman–Crippen LogP) is 2.94. The zero-order valence-corrected chi connectivity index (χ0v) is 12.3. The maximum absolute atomic E-state index is 11.7. The zero-order chi connectivity index (χ0) is 13.9. The lowest BCUT2D eigenvalue weighted by molar-refractivity contribution is -0.144. The second-order valence-corrected chi connectivity index (χ2v) is 6.23. The number of hydrogen-bond donors (Lipinski definition) is 2. The minimum absolute atomic E-state index is 0.431. The molecule has 2 rings (SSSR count). The van der Waals surface area contributed by atoms with E-state index in [9.17, 15) is 9.90 Å². The van der Waals surface area contributed by atoms with Crippen molar-refractivity contribution in [3.05, 3.63) is 5.82 Å². The Morgan fingerprint density at radius 2 is 2.42 bits per heavy atom. The highest BCUT2D eigenvalue weighted by molar-refractivity contribution is 7.09. The molecule has 5 nitrogen and oxygen atoms in total. The Morgan fingerprint density at radius 3 is 3.05 bits per heavy atom. The van der Waals surface area contributed by atoms with Gasteiger partial charge in [0.15, 0.2) is 0 Å². The molecule has 1 fully saturated rings. The lowest BCUT2D eigenvalue weighted by Crippen LogP contribution is -2.49. The molecule has 2 unspecified atom stereocenters. The SMILES string of the molecule is CCCc1nsc(NC2(C(=O)O)CCCC(C)C2)n1. The quantitative estimate of drug-likeness (QED) is 0.869. The molecule has 19 heavy (non-hydrogen) atoms. The first-order valence-corrected chi connectivity index (χ1v) is 7.67. The van der Waals surface area contributed by atoms with Gasteiger partial charge in [-0.05, 0) is 25.2 Å². The highest BCUT2D eigenvalue weighted by atomic mass is 32.1. The van der Waals surface area contributed by atoms with E-state index in [0.29, 0.717) is 23.9 Å². The van der Waals surface area contributed by atoms with Crippen LogP contribution in [0.15, 0.2) is 0 Å². The first kappa shape index (κ1) is 14.2. The number of rotatable bonds is 5. The van der Waals surface area contributed by atoms with E-state index in [2.05, 4.69) is 28.5 Å². The van der Waals surface area contributed by atoms with Gasteiger partial charge in [-0.25, -0.2) is 9.78 Å². The van der Waals surface area contributed by atoms with Gasteiger partial charge in [-0.2, -0.15) is 4.37 Å². The van der Waals surface area contributed by atoms with E-state index in [0.717, 1.165) is 31.5 Å². The van der Waals surface area contributed by atoms with Gasteiger partial charge in [0.05, 0.1) is 0 Å². The monoisotopic (exact) mass is 283 g/mol. The van der Waals surface area contributed by atoms with Crippen LogP contribution in [-0.2, 0) is 11.2 Å². The molecule has 1 aromatic rings. The number of hydrogen-bond acceptors (Lipinski definition) is 5. The van der Waals surface area contributed by atoms with E-state index in [1.54, 1.807) is 0 Å². The van der Waals surface area contributed by atoms with Crippen molar-refractivity contribution in [3.8, 4) is 0 Å². The topological polar surface area (TPSA) is 75.1 Å². The smallest absolute Gasteiger partial charge is 0.329 e. The fourth-order valence-electron chi connectivity index (χ4n) is 2.75. The van der Waals surface area contributed by atoms with E-state index < -0.39 is 11.5 Å². The number of anilines is 1. The van der Waals surface area contributed by atoms with Gasteiger partial charge in [0.25, 0.3) is 0 Å². The summed E-state index contributed by atoms with van der Waals surface area (Å²) in [6.45, 7) is 4.19. The van der Waals surface area contributed by atoms with Crippen LogP contribution in [0.2, 0.25) is 0 Å². The van der Waals surface area contributed by atoms with Gasteiger partial charge in [-0.3, -0.25) is 0 Å². The van der Waals surface area contributed by atoms with Crippen molar-refractivity contribution >= 4 is 22.6 Å². The number of carbonyl (C=O) groups is 1. The Hall–Kier alpha value is -1.17. The Kier molecular flexibility index (Phi) is 4.39. The number of carboxylic acid groups (broad SMARTS) is 1. The van der Waals surface area contributed by atoms with Crippen LogP contribution in [0.25, 0.3) is 0 Å². The minimum atomic E-state index is -0.860. The van der Waals surface area contributed by atoms with Crippen LogP contribution in [0.1, 0.15) is 51.8 Å². The Bertz CT molecular complexity index is 449. The molecule has 0 saturated heterocycles. The van der Waals surface area contributed by atoms with Crippen LogP contribution in [-0.4, -0.2) is 26.0 Å². The molecule has 0 amide bonds. The third-order valence-corrected chi connectivity index (χ3v) is 4.36. The average Bonchev–Trinajstić information content (AvgIpc) is 2.77. The van der Waals surface area contributed by atoms with Crippen LogP contribution >= 0.6 is 11.5 Å². The highest BCUT2D eigenvalue weighted by Crippen LogP contribution is 2.35. The summed E-state index contributed by atoms with van der Waals surface area (Å²) in [7, 11) is 0. The van der Waals surface area contributed by atoms with Gasteiger partial charge in [0, 0.05) is 18.0 Å². The maximum Gasteiger partial charge on any atom is 0.329 e. The second kappa shape index (κ2) is 5.86. The number of nitrogens with zero attached hydrogens (tertiary/aromatic N) is 2. The molecule has 1 saturated carbocycles. The first-order valence-electron chi connectivity index (χ1n) is 6.90. The van der Waals surface area contributed by atoms with Crippen molar-refractivity contribution in [2.24, 2.45) is 5.92 Å². The number of carboxylic acids is 1. The van der Waals surface area contributed by atoms with Crippen molar-refractivity contribution in [3.63, 3.8) is 0 Å². The summed E-state index contributed by atoms with van der Waals surface area (Å²) in [6.07, 6.45) is 5.21. The molecule has 6 heteroatoms. The van der Waals surface area contributed by atoms with Gasteiger partial charge < -0.3 is 10.4 Å². The molecule has 2 N–H and O–H groups in total. The standard InChI is InChI=1S/C13H21N3O2S/c1-3-5-10-14-12(19-16-10)15-13(11(17)18)7-4-6-9(2)8-13/h9H,3-8H2,1-2H3,(H,17,18)(H,14,15,16). The fraction of sp³-hybridized carbons (Fsp3) is 0.769. The lowest BCUT2D eigenvalue weighted by Gasteiger charge is -2.36. The molecule has 1 heterocycles. The Labute approximate surface area is 117 Å². The summed E-state index contributed by atoms with van der Waals surface area (Å²) in [5.41, 5.74) is -0.860. The minimum Gasteiger partial charge on any atom is -0.480 e. The van der Waals surface area contributed by atoms with Gasteiger partial charge in [-0.1, -0.05) is 26.7 Å². The van der Waals surface area contributed by atoms with Crippen molar-refractivity contribution in [1.29, 1.82) is 0 Å². The van der Waals surface area contributed by atoms with Crippen LogP contribution in [0.3, 0.4) is 0 Å². The molecule has 0 radical (unpaired) electrons. The molecule has 1 aromatic heterocycles. The van der Waals surface area contributed by atoms with Crippen molar-refractivity contribution in [2.45, 2.75) is 57.9 Å². The van der Waals surface area contributed by atoms with Crippen molar-refractivity contribution in [1.82, 2.24) is 9.36 Å². The Morgan fingerprint density at radius 1 is 1.63 bits per heavy atom. The summed E-state index contributed by atoms with van der Waals surface area (Å²) in [6, 6.07) is 0. The van der Waals surface area contributed by atoms with E-state index >= 15 is 0 Å². The Balaban J connectivity index is 2.13. The molecule has 0 aromatic carbocycles. The second-order valence-electron chi connectivity index (χ2n) is 5.48. The predicted molar refractivity (Wildman–Crippen MR) is 75.5 cm³/mol. The molecule has 0 spiro atoms. The molecule has 0 aliphatic heterocycles. The number of nitrogens with one attached hydrogen (secondary N) is 1. The van der Waals surface area contributed by atoms with Crippen molar-refractivity contribution in [2.75, 3.05) is 5.32 Å². The molecular formula is C13H21N3O2S. The largest absolute Gasteiger partial charge is 0.480 e. The van der Waals surface area contributed by atoms with Gasteiger partial charge in [-0.15, -0.1) is 0 Å². The lowest BCUT2D eigenvalue weighted by atomic mass is 9.76. The summed E-state index contributed by atoms with van der Waals surface area (Å²) >= 11 is 1.26. The molecule has 106 valence electrons. The van der Waals surface area contributed by atoms with Crippen LogP contribution in [0.4, 0.5) is 5.13 Å². The van der Waals surface area contributed by atoms with Gasteiger partial charge >= 0.3 is 5.97 Å². The molecular weight excluding hydrogens is 262 g/mol. The summed E-state index contributed by atoms with van der Waals surface area (Å²) in [4.78, 5) is 16.0. The van der Waals surface area contributed by atoms with E-state index in [1.807, 2.05) is 0 Å². The number of aryl methyl sites for hydroxylation is 1. The van der Waals surface area contributed by atoms with Crippen LogP contribution in [0, 0.1) is 5.92 Å². The number of aromatic nitrogens is 2.